The van der Waals surface area contributed by atoms with Gasteiger partial charge >= 0.3 is 0 Å². The largest absolute Gasteiger partial charge is 0.491 e. The molecule has 2 heterocycles. The fraction of sp³-hybridized carbons (Fsp3) is 0.537. The summed E-state index contributed by atoms with van der Waals surface area (Å²) in [5, 5.41) is 10.7. The fourth-order valence-electron chi connectivity index (χ4n) is 7.60. The van der Waals surface area contributed by atoms with E-state index in [-0.39, 0.29) is 62.7 Å². The third-order valence-electron chi connectivity index (χ3n) is 10.5. The molecule has 56 heavy (non-hydrogen) atoms. The number of Topliss-reactive ketones (excluding diaryl/α,β-unsaturated/α-hetero) is 1. The van der Waals surface area contributed by atoms with Crippen LogP contribution in [0, 0.1) is 5.92 Å². The van der Waals surface area contributed by atoms with Gasteiger partial charge in [0, 0.05) is 27.1 Å². The smallest absolute Gasteiger partial charge is 0.290 e. The molecule has 5 rings (SSSR count). The first kappa shape index (κ1) is 41.8. The van der Waals surface area contributed by atoms with Crippen LogP contribution in [0.4, 0.5) is 0 Å². The molecule has 1 aliphatic carbocycles. The maximum atomic E-state index is 14.5. The fourth-order valence-corrected chi connectivity index (χ4v) is 7.60. The lowest BCUT2D eigenvalue weighted by atomic mass is 9.83. The molecule has 0 aromatic heterocycles. The van der Waals surface area contributed by atoms with Gasteiger partial charge in [0.05, 0.1) is 31.7 Å². The normalized spacial score (nSPS) is 21.6. The summed E-state index contributed by atoms with van der Waals surface area (Å²) in [6.45, 7) is 1.69. The third-order valence-corrected chi connectivity index (χ3v) is 10.5. The second-order valence-electron chi connectivity index (χ2n) is 14.9. The summed E-state index contributed by atoms with van der Waals surface area (Å²) in [5.74, 6) is -3.97. The number of ketones is 1. The topological polar surface area (TPSA) is 193 Å². The summed E-state index contributed by atoms with van der Waals surface area (Å²) in [4.78, 5) is 97.1. The summed E-state index contributed by atoms with van der Waals surface area (Å²) >= 11 is 0. The lowest BCUT2D eigenvalue weighted by Crippen LogP contribution is -2.58. The molecular formula is C41H54N6O9. The van der Waals surface area contributed by atoms with E-state index in [1.807, 2.05) is 12.1 Å². The molecular weight excluding hydrogens is 720 g/mol. The molecule has 3 aliphatic rings. The molecule has 302 valence electrons. The van der Waals surface area contributed by atoms with Gasteiger partial charge in [-0.25, -0.2) is 0 Å². The summed E-state index contributed by atoms with van der Waals surface area (Å²) in [7, 11) is 3.12. The number of amides is 6. The zero-order valence-corrected chi connectivity index (χ0v) is 32.4. The van der Waals surface area contributed by atoms with Gasteiger partial charge in [0.15, 0.2) is 0 Å². The maximum Gasteiger partial charge on any atom is 0.290 e. The number of carbonyl (C=O) groups is 7. The lowest BCUT2D eigenvalue weighted by Gasteiger charge is -2.35. The highest BCUT2D eigenvalue weighted by Gasteiger charge is 2.45. The monoisotopic (exact) mass is 774 g/mol. The second kappa shape index (κ2) is 20.0. The molecule has 2 fully saturated rings. The molecule has 6 amide bonds. The number of benzene rings is 2. The second-order valence-corrected chi connectivity index (χ2v) is 14.9. The Bertz CT molecular complexity index is 1730. The zero-order valence-electron chi connectivity index (χ0n) is 32.4. The van der Waals surface area contributed by atoms with Crippen LogP contribution in [-0.4, -0.2) is 116 Å². The first-order chi connectivity index (χ1) is 26.9. The van der Waals surface area contributed by atoms with E-state index in [2.05, 4.69) is 21.3 Å². The van der Waals surface area contributed by atoms with E-state index in [1.165, 1.54) is 9.80 Å². The molecule has 4 bridgehead atoms. The third kappa shape index (κ3) is 11.1. The number of rotatable bonds is 12. The molecule has 5 atom stereocenters. The van der Waals surface area contributed by atoms with Crippen molar-refractivity contribution in [2.24, 2.45) is 5.92 Å². The first-order valence-electron chi connectivity index (χ1n) is 19.6. The minimum atomic E-state index is -1.24. The summed E-state index contributed by atoms with van der Waals surface area (Å²) < 4.78 is 12.0. The van der Waals surface area contributed by atoms with E-state index in [0.29, 0.717) is 17.7 Å². The van der Waals surface area contributed by atoms with Gasteiger partial charge < -0.3 is 40.5 Å². The number of nitrogens with one attached hydrogen (secondary N) is 4. The van der Waals surface area contributed by atoms with Gasteiger partial charge in [-0.1, -0.05) is 75.1 Å². The van der Waals surface area contributed by atoms with Gasteiger partial charge in [-0.3, -0.25) is 33.6 Å². The van der Waals surface area contributed by atoms with Crippen molar-refractivity contribution in [3.63, 3.8) is 0 Å². The first-order valence-corrected chi connectivity index (χ1v) is 19.6. The van der Waals surface area contributed by atoms with Gasteiger partial charge in [-0.2, -0.15) is 0 Å². The molecule has 2 aromatic rings. The molecule has 15 heteroatoms. The highest BCUT2D eigenvalue weighted by molar-refractivity contribution is 6.38. The average molecular weight is 775 g/mol. The summed E-state index contributed by atoms with van der Waals surface area (Å²) in [6, 6.07) is 11.7. The molecule has 4 N–H and O–H groups in total. The Balaban J connectivity index is 1.28. The number of likely N-dealkylation sites (N-methyl/N-ethyl adjacent to an activating group) is 1. The van der Waals surface area contributed by atoms with E-state index in [4.69, 9.17) is 9.47 Å². The van der Waals surface area contributed by atoms with Crippen LogP contribution >= 0.6 is 0 Å². The summed E-state index contributed by atoms with van der Waals surface area (Å²) in [5.41, 5.74) is 1.28. The molecule has 2 aromatic carbocycles. The Kier molecular flexibility index (Phi) is 15.0. The lowest BCUT2D eigenvalue weighted by molar-refractivity contribution is -0.144. The quantitative estimate of drug-likeness (QED) is 0.232. The van der Waals surface area contributed by atoms with Gasteiger partial charge in [0.25, 0.3) is 5.91 Å². The van der Waals surface area contributed by atoms with Crippen molar-refractivity contribution in [1.82, 2.24) is 31.1 Å². The van der Waals surface area contributed by atoms with Gasteiger partial charge in [0.1, 0.15) is 30.5 Å². The number of nitrogens with zero attached hydrogens (tertiary/aromatic N) is 2. The number of fused-ring (bicyclic) bond motifs is 4. The van der Waals surface area contributed by atoms with Crippen LogP contribution < -0.4 is 26.0 Å². The van der Waals surface area contributed by atoms with Crippen molar-refractivity contribution in [1.29, 1.82) is 0 Å². The van der Waals surface area contributed by atoms with Gasteiger partial charge in [-0.05, 0) is 48.4 Å². The Labute approximate surface area is 327 Å². The van der Waals surface area contributed by atoms with Gasteiger partial charge in [-0.15, -0.1) is 0 Å². The van der Waals surface area contributed by atoms with Crippen molar-refractivity contribution in [2.45, 2.75) is 95.0 Å². The summed E-state index contributed by atoms with van der Waals surface area (Å²) in [6.07, 6.45) is 4.60. The Morgan fingerprint density at radius 2 is 1.70 bits per heavy atom. The predicted molar refractivity (Wildman–Crippen MR) is 205 cm³/mol. The number of hydrogen-bond acceptors (Lipinski definition) is 9. The minimum absolute atomic E-state index is 0.0447. The molecule has 1 saturated carbocycles. The molecule has 0 radical (unpaired) electrons. The maximum absolute atomic E-state index is 14.5. The molecule has 15 nitrogen and oxygen atoms in total. The van der Waals surface area contributed by atoms with Crippen LogP contribution in [0.5, 0.6) is 5.75 Å². The molecule has 2 aliphatic heterocycles. The van der Waals surface area contributed by atoms with Crippen molar-refractivity contribution in [2.75, 3.05) is 40.4 Å². The van der Waals surface area contributed by atoms with E-state index < -0.39 is 60.3 Å². The number of ether oxygens (including phenoxy) is 2. The van der Waals surface area contributed by atoms with Crippen LogP contribution in [0.1, 0.15) is 75.5 Å². The molecule has 0 spiro atoms. The van der Waals surface area contributed by atoms with Crippen LogP contribution in [0.25, 0.3) is 0 Å². The van der Waals surface area contributed by atoms with Crippen LogP contribution in [0.2, 0.25) is 0 Å². The standard InChI is InChI=1S/C41H54N6O9/c1-4-12-31(37(50)39(52)42-24-34(49)45-35(40(53)46(2)3)27-14-7-5-8-15-27)43-38(51)32-23-30-25-47(32)41(54)36(28-16-9-6-10-17-28)44-33(48)22-26-13-11-18-29(21-26)55-19-20-56-30/h5,7-8,11,13-15,18,21,28,30-32,35-36H,4,6,9-10,12,16-17,19-20,22-25H2,1-3H3,(H,42,52)(H,43,51)(H,44,48)(H,45,49)/t30-,31+,32+,35+,36+/m1/s1. The Morgan fingerprint density at radius 1 is 0.946 bits per heavy atom. The zero-order chi connectivity index (χ0) is 40.2. The SMILES string of the molecule is CCC[C@H](NC(=O)[C@@H]1C[C@@H]2CN1C(=O)[C@H](C1CCCCC1)NC(=O)Cc1cccc(c1)OCCO2)C(=O)C(=O)NCC(=O)N[C@H](C(=O)N(C)C)c1ccccc1. The Morgan fingerprint density at radius 3 is 2.41 bits per heavy atom. The van der Waals surface area contributed by atoms with Crippen molar-refractivity contribution in [3.05, 3.63) is 65.7 Å². The Hall–Kier alpha value is -5.31. The van der Waals surface area contributed by atoms with Crippen molar-refractivity contribution < 1.29 is 43.0 Å². The predicted octanol–water partition coefficient (Wildman–Crippen LogP) is 1.59. The van der Waals surface area contributed by atoms with Crippen molar-refractivity contribution in [3.8, 4) is 5.75 Å². The number of hydrogen-bond donors (Lipinski definition) is 4. The number of carbonyl (C=O) groups excluding carboxylic acids is 7. The van der Waals surface area contributed by atoms with E-state index in [9.17, 15) is 33.6 Å². The van der Waals surface area contributed by atoms with E-state index in [1.54, 1.807) is 63.5 Å². The minimum Gasteiger partial charge on any atom is -0.491 e. The van der Waals surface area contributed by atoms with E-state index >= 15 is 0 Å². The molecule has 0 unspecified atom stereocenters. The van der Waals surface area contributed by atoms with Gasteiger partial charge in [0.2, 0.25) is 35.3 Å². The van der Waals surface area contributed by atoms with Crippen LogP contribution in [-0.2, 0) is 44.7 Å². The molecule has 1 saturated heterocycles. The average Bonchev–Trinajstić information content (AvgIpc) is 3.63. The van der Waals surface area contributed by atoms with E-state index in [0.717, 1.165) is 37.7 Å². The van der Waals surface area contributed by atoms with Crippen molar-refractivity contribution >= 4 is 41.2 Å². The van der Waals surface area contributed by atoms with Crippen LogP contribution in [0.15, 0.2) is 54.6 Å². The van der Waals surface area contributed by atoms with Crippen LogP contribution in [0.3, 0.4) is 0 Å². The highest BCUT2D eigenvalue weighted by atomic mass is 16.5. The highest BCUT2D eigenvalue weighted by Crippen LogP contribution is 2.30.